The van der Waals surface area contributed by atoms with Crippen LogP contribution in [0.2, 0.25) is 0 Å². The van der Waals surface area contributed by atoms with Crippen LogP contribution in [0.1, 0.15) is 25.5 Å². The molecule has 80 valence electrons. The molecule has 0 aromatic carbocycles. The van der Waals surface area contributed by atoms with Crippen molar-refractivity contribution in [3.05, 3.63) is 22.3 Å². The van der Waals surface area contributed by atoms with Crippen molar-refractivity contribution in [3.8, 4) is 0 Å². The molecule has 0 saturated heterocycles. The summed E-state index contributed by atoms with van der Waals surface area (Å²) < 4.78 is 0. The molecule has 1 aromatic rings. The van der Waals surface area contributed by atoms with Gasteiger partial charge in [-0.3, -0.25) is 4.99 Å². The van der Waals surface area contributed by atoms with E-state index in [9.17, 15) is 0 Å². The Morgan fingerprint density at radius 3 is 3.13 bits per heavy atom. The lowest BCUT2D eigenvalue weighted by atomic mass is 10.1. The summed E-state index contributed by atoms with van der Waals surface area (Å²) in [5, 5.41) is 2.39. The van der Waals surface area contributed by atoms with Gasteiger partial charge in [-0.05, 0) is 24.1 Å². The number of nitrogens with two attached hydrogens (primary N) is 1. The van der Waals surface area contributed by atoms with Gasteiger partial charge in [-0.1, -0.05) is 19.1 Å². The third-order valence-electron chi connectivity index (χ3n) is 2.78. The fourth-order valence-electron chi connectivity index (χ4n) is 1.97. The van der Waals surface area contributed by atoms with Crippen molar-refractivity contribution in [3.63, 3.8) is 0 Å². The van der Waals surface area contributed by atoms with E-state index < -0.39 is 0 Å². The van der Waals surface area contributed by atoms with E-state index in [1.807, 2.05) is 7.05 Å². The number of H-pyrrole nitrogens is 1. The summed E-state index contributed by atoms with van der Waals surface area (Å²) >= 11 is 0. The maximum Gasteiger partial charge on any atom is 0.0604 e. The summed E-state index contributed by atoms with van der Waals surface area (Å²) in [6.45, 7) is 2.11. The van der Waals surface area contributed by atoms with Crippen molar-refractivity contribution in [1.82, 2.24) is 4.98 Å². The van der Waals surface area contributed by atoms with Gasteiger partial charge in [0.1, 0.15) is 0 Å². The van der Waals surface area contributed by atoms with Gasteiger partial charge in [0.25, 0.3) is 0 Å². The van der Waals surface area contributed by atoms with Crippen molar-refractivity contribution >= 4 is 17.9 Å². The molecular formula is C12H17N3. The van der Waals surface area contributed by atoms with E-state index in [4.69, 9.17) is 5.73 Å². The quantitative estimate of drug-likeness (QED) is 0.660. The summed E-state index contributed by atoms with van der Waals surface area (Å²) in [7, 11) is 1.83. The number of nitrogens with one attached hydrogen (secondary N) is 1. The highest BCUT2D eigenvalue weighted by Crippen LogP contribution is 1.99. The van der Waals surface area contributed by atoms with Crippen molar-refractivity contribution in [2.75, 3.05) is 7.05 Å². The molecular weight excluding hydrogens is 186 g/mol. The maximum absolute atomic E-state index is 5.87. The zero-order chi connectivity index (χ0) is 10.8. The monoisotopic (exact) mass is 203 g/mol. The number of aromatic nitrogens is 1. The van der Waals surface area contributed by atoms with Crippen LogP contribution in [0.3, 0.4) is 0 Å². The van der Waals surface area contributed by atoms with Crippen LogP contribution >= 0.6 is 0 Å². The molecule has 0 saturated carbocycles. The van der Waals surface area contributed by atoms with Crippen LogP contribution in [0.4, 0.5) is 0 Å². The number of hydrogen-bond donors (Lipinski definition) is 2. The second-order valence-electron chi connectivity index (χ2n) is 3.85. The molecule has 0 amide bonds. The summed E-state index contributed by atoms with van der Waals surface area (Å²) in [6, 6.07) is 2.29. The molecule has 15 heavy (non-hydrogen) atoms. The lowest BCUT2D eigenvalue weighted by Gasteiger charge is -2.03. The van der Waals surface area contributed by atoms with E-state index in [1.54, 1.807) is 0 Å². The molecule has 0 fully saturated rings. The zero-order valence-electron chi connectivity index (χ0n) is 9.25. The predicted molar refractivity (Wildman–Crippen MR) is 64.3 cm³/mol. The highest BCUT2D eigenvalue weighted by Gasteiger charge is 2.07. The Balaban J connectivity index is 2.52. The minimum absolute atomic E-state index is 0.157. The minimum Gasteiger partial charge on any atom is -0.354 e. The average molecular weight is 203 g/mol. The van der Waals surface area contributed by atoms with Crippen LogP contribution in [0.25, 0.3) is 12.2 Å². The largest absolute Gasteiger partial charge is 0.354 e. The molecule has 1 heterocycles. The SMILES string of the molecule is CCC(=NC)c1cc2c([nH]1)=CCC(N)C=2. The molecule has 3 heteroatoms. The van der Waals surface area contributed by atoms with E-state index in [2.05, 4.69) is 35.1 Å². The number of aliphatic imine (C=N–C) groups is 1. The molecule has 3 N–H and O–H groups in total. The topological polar surface area (TPSA) is 54.2 Å². The van der Waals surface area contributed by atoms with Crippen molar-refractivity contribution in [2.45, 2.75) is 25.8 Å². The Bertz CT molecular complexity index is 493. The van der Waals surface area contributed by atoms with Crippen LogP contribution in [-0.4, -0.2) is 23.8 Å². The fraction of sp³-hybridized carbons (Fsp3) is 0.417. The molecule has 0 aliphatic heterocycles. The molecule has 0 radical (unpaired) electrons. The molecule has 2 rings (SSSR count). The van der Waals surface area contributed by atoms with Crippen LogP contribution in [-0.2, 0) is 0 Å². The molecule has 1 aromatic heterocycles. The first-order chi connectivity index (χ1) is 7.24. The molecule has 3 nitrogen and oxygen atoms in total. The van der Waals surface area contributed by atoms with Crippen molar-refractivity contribution in [2.24, 2.45) is 10.7 Å². The molecule has 1 atom stereocenters. The molecule has 1 unspecified atom stereocenters. The maximum atomic E-state index is 5.87. The Morgan fingerprint density at radius 2 is 2.47 bits per heavy atom. The molecule has 1 aliphatic carbocycles. The lowest BCUT2D eigenvalue weighted by Crippen LogP contribution is -2.32. The van der Waals surface area contributed by atoms with Crippen LogP contribution < -0.4 is 16.3 Å². The number of nitrogens with zero attached hydrogens (tertiary/aromatic N) is 1. The average Bonchev–Trinajstić information content (AvgIpc) is 2.62. The Morgan fingerprint density at radius 1 is 1.67 bits per heavy atom. The van der Waals surface area contributed by atoms with E-state index in [0.717, 1.165) is 24.2 Å². The summed E-state index contributed by atoms with van der Waals surface area (Å²) in [4.78, 5) is 7.65. The first kappa shape index (κ1) is 10.2. The van der Waals surface area contributed by atoms with E-state index >= 15 is 0 Å². The van der Waals surface area contributed by atoms with Gasteiger partial charge < -0.3 is 10.7 Å². The van der Waals surface area contributed by atoms with Gasteiger partial charge in [-0.15, -0.1) is 0 Å². The van der Waals surface area contributed by atoms with Gasteiger partial charge in [0.2, 0.25) is 0 Å². The first-order valence-corrected chi connectivity index (χ1v) is 5.37. The van der Waals surface area contributed by atoms with E-state index in [-0.39, 0.29) is 6.04 Å². The second-order valence-corrected chi connectivity index (χ2v) is 3.85. The summed E-state index contributed by atoms with van der Waals surface area (Å²) in [5.74, 6) is 0. The number of rotatable bonds is 2. The van der Waals surface area contributed by atoms with Gasteiger partial charge in [0, 0.05) is 18.4 Å². The standard InChI is InChI=1S/C12H17N3/c1-3-10(14-2)12-7-8-6-9(13)4-5-11(8)15-12/h5-7,9,15H,3-4,13H2,1-2H3. The van der Waals surface area contributed by atoms with Gasteiger partial charge in [0.05, 0.1) is 11.4 Å². The number of fused-ring (bicyclic) bond motifs is 1. The summed E-state index contributed by atoms with van der Waals surface area (Å²) in [5.41, 5.74) is 8.10. The van der Waals surface area contributed by atoms with Crippen LogP contribution in [0.15, 0.2) is 11.1 Å². The lowest BCUT2D eigenvalue weighted by molar-refractivity contribution is 0.885. The van der Waals surface area contributed by atoms with E-state index in [1.165, 1.54) is 10.6 Å². The first-order valence-electron chi connectivity index (χ1n) is 5.37. The van der Waals surface area contributed by atoms with Gasteiger partial charge in [0.15, 0.2) is 0 Å². The molecule has 0 spiro atoms. The Kier molecular flexibility index (Phi) is 2.73. The predicted octanol–water partition coefficient (Wildman–Crippen LogP) is 0.136. The third kappa shape index (κ3) is 1.88. The van der Waals surface area contributed by atoms with Crippen molar-refractivity contribution < 1.29 is 0 Å². The third-order valence-corrected chi connectivity index (χ3v) is 2.78. The highest BCUT2D eigenvalue weighted by atomic mass is 14.8. The fourth-order valence-corrected chi connectivity index (χ4v) is 1.97. The van der Waals surface area contributed by atoms with Gasteiger partial charge in [-0.25, -0.2) is 0 Å². The van der Waals surface area contributed by atoms with Crippen LogP contribution in [0.5, 0.6) is 0 Å². The highest BCUT2D eigenvalue weighted by molar-refractivity contribution is 5.98. The minimum atomic E-state index is 0.157. The number of aromatic amines is 1. The normalized spacial score (nSPS) is 20.5. The van der Waals surface area contributed by atoms with Gasteiger partial charge in [-0.2, -0.15) is 0 Å². The number of hydrogen-bond acceptors (Lipinski definition) is 2. The van der Waals surface area contributed by atoms with Crippen LogP contribution in [0, 0.1) is 0 Å². The van der Waals surface area contributed by atoms with Gasteiger partial charge >= 0.3 is 0 Å². The molecule has 1 aliphatic rings. The summed E-state index contributed by atoms with van der Waals surface area (Å²) in [6.07, 6.45) is 6.13. The Hall–Kier alpha value is -1.35. The zero-order valence-corrected chi connectivity index (χ0v) is 9.25. The van der Waals surface area contributed by atoms with Crippen molar-refractivity contribution in [1.29, 1.82) is 0 Å². The Labute approximate surface area is 89.4 Å². The van der Waals surface area contributed by atoms with E-state index in [0.29, 0.717) is 0 Å². The smallest absolute Gasteiger partial charge is 0.0604 e. The second kappa shape index (κ2) is 4.03. The molecule has 0 bridgehead atoms.